The Morgan fingerprint density at radius 1 is 1.22 bits per heavy atom. The Kier molecular flexibility index (Phi) is 10.3. The van der Waals surface area contributed by atoms with E-state index in [1.165, 1.54) is 17.7 Å². The zero-order valence-corrected chi connectivity index (χ0v) is 18.7. The van der Waals surface area contributed by atoms with E-state index >= 15 is 0 Å². The summed E-state index contributed by atoms with van der Waals surface area (Å²) in [6.07, 6.45) is 0.800. The lowest BCUT2D eigenvalue weighted by atomic mass is 10.1. The molecular formula is C19H29FIN5O. The lowest BCUT2D eigenvalue weighted by Gasteiger charge is -2.12. The van der Waals surface area contributed by atoms with Gasteiger partial charge < -0.3 is 15.4 Å². The first kappa shape index (κ1) is 23.4. The van der Waals surface area contributed by atoms with Gasteiger partial charge >= 0.3 is 0 Å². The quantitative estimate of drug-likeness (QED) is 0.340. The highest BCUT2D eigenvalue weighted by atomic mass is 127. The van der Waals surface area contributed by atoms with Crippen molar-refractivity contribution in [2.24, 2.45) is 4.99 Å². The first-order valence-electron chi connectivity index (χ1n) is 8.76. The van der Waals surface area contributed by atoms with E-state index in [0.717, 1.165) is 42.4 Å². The number of hydrogen-bond acceptors (Lipinski definition) is 3. The summed E-state index contributed by atoms with van der Waals surface area (Å²) < 4.78 is 20.0. The maximum atomic E-state index is 12.9. The molecule has 0 saturated carbocycles. The average Bonchev–Trinajstić information content (AvgIpc) is 2.91. The third kappa shape index (κ3) is 7.10. The monoisotopic (exact) mass is 489 g/mol. The fourth-order valence-corrected chi connectivity index (χ4v) is 2.75. The van der Waals surface area contributed by atoms with Crippen LogP contribution in [0.3, 0.4) is 0 Å². The average molecular weight is 489 g/mol. The van der Waals surface area contributed by atoms with Gasteiger partial charge in [-0.1, -0.05) is 12.1 Å². The summed E-state index contributed by atoms with van der Waals surface area (Å²) in [5, 5.41) is 11.2. The second kappa shape index (κ2) is 11.9. The summed E-state index contributed by atoms with van der Waals surface area (Å²) in [6.45, 7) is 6.84. The van der Waals surface area contributed by atoms with Crippen LogP contribution in [0.15, 0.2) is 29.3 Å². The van der Waals surface area contributed by atoms with Crippen LogP contribution in [-0.4, -0.2) is 43.0 Å². The fourth-order valence-electron chi connectivity index (χ4n) is 2.75. The van der Waals surface area contributed by atoms with Crippen LogP contribution in [0.4, 0.5) is 4.39 Å². The highest BCUT2D eigenvalue weighted by Gasteiger charge is 2.11. The molecule has 2 aromatic rings. The van der Waals surface area contributed by atoms with E-state index in [0.29, 0.717) is 13.2 Å². The maximum Gasteiger partial charge on any atom is 0.191 e. The minimum atomic E-state index is -0.212. The number of methoxy groups -OCH3 is 1. The molecule has 0 aliphatic carbocycles. The van der Waals surface area contributed by atoms with E-state index < -0.39 is 0 Å². The largest absolute Gasteiger partial charge is 0.383 e. The zero-order valence-electron chi connectivity index (χ0n) is 16.4. The van der Waals surface area contributed by atoms with E-state index in [2.05, 4.69) is 27.6 Å². The molecule has 1 aromatic heterocycles. The Hall–Kier alpha value is -1.68. The summed E-state index contributed by atoms with van der Waals surface area (Å²) in [7, 11) is 3.44. The first-order chi connectivity index (χ1) is 12.5. The number of nitrogens with one attached hydrogen (secondary N) is 2. The normalized spacial score (nSPS) is 11.2. The van der Waals surface area contributed by atoms with Crippen molar-refractivity contribution in [2.45, 2.75) is 33.4 Å². The SMILES string of the molecule is CN=C(NCCc1ccc(F)cc1)NCc1c(C)nn(CCOC)c1C.I. The molecular weight excluding hydrogens is 460 g/mol. The number of halogens is 2. The molecule has 0 unspecified atom stereocenters. The van der Waals surface area contributed by atoms with Crippen molar-refractivity contribution in [3.63, 3.8) is 0 Å². The van der Waals surface area contributed by atoms with Crippen molar-refractivity contribution in [1.29, 1.82) is 0 Å². The first-order valence-corrected chi connectivity index (χ1v) is 8.76. The zero-order chi connectivity index (χ0) is 18.9. The molecule has 0 bridgehead atoms. The van der Waals surface area contributed by atoms with Crippen LogP contribution in [-0.2, 0) is 24.2 Å². The van der Waals surface area contributed by atoms with Gasteiger partial charge in [-0.3, -0.25) is 9.67 Å². The van der Waals surface area contributed by atoms with Crippen molar-refractivity contribution in [3.8, 4) is 0 Å². The number of rotatable bonds is 8. The molecule has 0 amide bonds. The van der Waals surface area contributed by atoms with E-state index in [1.807, 2.05) is 11.6 Å². The topological polar surface area (TPSA) is 63.5 Å². The van der Waals surface area contributed by atoms with Gasteiger partial charge in [0.25, 0.3) is 0 Å². The molecule has 0 atom stereocenters. The Morgan fingerprint density at radius 3 is 2.56 bits per heavy atom. The number of aliphatic imine (C=N–C) groups is 1. The van der Waals surface area contributed by atoms with E-state index in [-0.39, 0.29) is 29.8 Å². The molecule has 1 aromatic carbocycles. The second-order valence-electron chi connectivity index (χ2n) is 6.09. The summed E-state index contributed by atoms with van der Waals surface area (Å²) in [5.41, 5.74) is 4.39. The molecule has 0 fully saturated rings. The summed E-state index contributed by atoms with van der Waals surface area (Å²) in [4.78, 5) is 4.25. The van der Waals surface area contributed by atoms with Gasteiger partial charge in [0.2, 0.25) is 0 Å². The Labute approximate surface area is 177 Å². The van der Waals surface area contributed by atoms with Gasteiger partial charge in [-0.05, 0) is 38.0 Å². The Bertz CT molecular complexity index is 730. The van der Waals surface area contributed by atoms with Gasteiger partial charge in [0.15, 0.2) is 5.96 Å². The number of hydrogen-bond donors (Lipinski definition) is 2. The summed E-state index contributed by atoms with van der Waals surface area (Å²) >= 11 is 0. The number of nitrogens with zero attached hydrogens (tertiary/aromatic N) is 3. The second-order valence-corrected chi connectivity index (χ2v) is 6.09. The Morgan fingerprint density at radius 2 is 1.93 bits per heavy atom. The van der Waals surface area contributed by atoms with Crippen LogP contribution in [0.5, 0.6) is 0 Å². The standard InChI is InChI=1S/C19H28FN5O.HI/c1-14-18(15(2)25(24-14)11-12-26-4)13-23-19(21-3)22-10-9-16-5-7-17(20)8-6-16;/h5-8H,9-13H2,1-4H3,(H2,21,22,23);1H. The van der Waals surface area contributed by atoms with Crippen molar-refractivity contribution in [1.82, 2.24) is 20.4 Å². The van der Waals surface area contributed by atoms with Crippen molar-refractivity contribution < 1.29 is 9.13 Å². The fraction of sp³-hybridized carbons (Fsp3) is 0.474. The predicted octanol–water partition coefficient (Wildman–Crippen LogP) is 2.81. The molecule has 6 nitrogen and oxygen atoms in total. The minimum Gasteiger partial charge on any atom is -0.383 e. The van der Waals surface area contributed by atoms with E-state index in [4.69, 9.17) is 4.74 Å². The number of benzene rings is 1. The number of ether oxygens (including phenoxy) is 1. The minimum absolute atomic E-state index is 0. The van der Waals surface area contributed by atoms with Gasteiger partial charge in [-0.25, -0.2) is 4.39 Å². The molecule has 8 heteroatoms. The highest BCUT2D eigenvalue weighted by Crippen LogP contribution is 2.12. The molecule has 0 saturated heterocycles. The van der Waals surface area contributed by atoms with Gasteiger partial charge in [-0.2, -0.15) is 5.10 Å². The number of aryl methyl sites for hydroxylation is 1. The van der Waals surface area contributed by atoms with Crippen LogP contribution in [0, 0.1) is 19.7 Å². The van der Waals surface area contributed by atoms with Crippen molar-refractivity contribution in [3.05, 3.63) is 52.6 Å². The molecule has 0 spiro atoms. The van der Waals surface area contributed by atoms with Crippen LogP contribution in [0.25, 0.3) is 0 Å². The van der Waals surface area contributed by atoms with Crippen LogP contribution in [0.2, 0.25) is 0 Å². The molecule has 0 aliphatic heterocycles. The smallest absolute Gasteiger partial charge is 0.191 e. The van der Waals surface area contributed by atoms with Gasteiger partial charge in [0.05, 0.1) is 18.8 Å². The molecule has 2 N–H and O–H groups in total. The number of aromatic nitrogens is 2. The predicted molar refractivity (Wildman–Crippen MR) is 117 cm³/mol. The summed E-state index contributed by atoms with van der Waals surface area (Å²) in [5.74, 6) is 0.520. The molecule has 0 radical (unpaired) electrons. The lowest BCUT2D eigenvalue weighted by Crippen LogP contribution is -2.38. The molecule has 27 heavy (non-hydrogen) atoms. The Balaban J connectivity index is 0.00000364. The molecule has 2 rings (SSSR count). The van der Waals surface area contributed by atoms with Gasteiger partial charge in [0.1, 0.15) is 5.82 Å². The number of guanidine groups is 1. The van der Waals surface area contributed by atoms with Crippen molar-refractivity contribution >= 4 is 29.9 Å². The highest BCUT2D eigenvalue weighted by molar-refractivity contribution is 14.0. The van der Waals surface area contributed by atoms with Crippen LogP contribution in [0.1, 0.15) is 22.5 Å². The van der Waals surface area contributed by atoms with Crippen LogP contribution >= 0.6 is 24.0 Å². The maximum absolute atomic E-state index is 12.9. The molecule has 1 heterocycles. The van der Waals surface area contributed by atoms with Crippen molar-refractivity contribution in [2.75, 3.05) is 27.3 Å². The molecule has 150 valence electrons. The lowest BCUT2D eigenvalue weighted by molar-refractivity contribution is 0.182. The van der Waals surface area contributed by atoms with E-state index in [9.17, 15) is 4.39 Å². The summed E-state index contributed by atoms with van der Waals surface area (Å²) in [6, 6.07) is 6.56. The van der Waals surface area contributed by atoms with Crippen LogP contribution < -0.4 is 10.6 Å². The third-order valence-electron chi connectivity index (χ3n) is 4.31. The van der Waals surface area contributed by atoms with Gasteiger partial charge in [-0.15, -0.1) is 24.0 Å². The van der Waals surface area contributed by atoms with E-state index in [1.54, 1.807) is 26.3 Å². The van der Waals surface area contributed by atoms with Gasteiger partial charge in [0, 0.05) is 38.5 Å². The molecule has 0 aliphatic rings. The third-order valence-corrected chi connectivity index (χ3v) is 4.31.